The molecule has 138 valence electrons. The van der Waals surface area contributed by atoms with E-state index >= 15 is 0 Å². The predicted octanol–water partition coefficient (Wildman–Crippen LogP) is 4.18. The lowest BCUT2D eigenvalue weighted by Crippen LogP contribution is -2.28. The maximum absolute atomic E-state index is 12.4. The topological polar surface area (TPSA) is 38.8 Å². The molecular formula is C22H27NO3. The standard InChI is InChI=1S/C22H27NO3/c1-17-5-3-6-21(15-17)26-14-4-7-22(24)23-13-12-19(16-23)18-8-10-20(25-2)11-9-18/h3,5-6,8-11,15,19H,4,7,12-14,16H2,1-2H3. The number of methoxy groups -OCH3 is 1. The van der Waals surface area contributed by atoms with Crippen molar-refractivity contribution in [2.75, 3.05) is 26.8 Å². The number of likely N-dealkylation sites (tertiary alicyclic amines) is 1. The molecule has 3 rings (SSSR count). The zero-order valence-electron chi connectivity index (χ0n) is 15.6. The van der Waals surface area contributed by atoms with Gasteiger partial charge in [0.1, 0.15) is 11.5 Å². The fraction of sp³-hybridized carbons (Fsp3) is 0.409. The average Bonchev–Trinajstić information content (AvgIpc) is 3.15. The summed E-state index contributed by atoms with van der Waals surface area (Å²) in [5.41, 5.74) is 2.46. The van der Waals surface area contributed by atoms with Gasteiger partial charge in [0.2, 0.25) is 5.91 Å². The first-order chi connectivity index (χ1) is 12.7. The van der Waals surface area contributed by atoms with E-state index in [4.69, 9.17) is 9.47 Å². The molecule has 1 saturated heterocycles. The average molecular weight is 353 g/mol. The third-order valence-corrected chi connectivity index (χ3v) is 4.92. The van der Waals surface area contributed by atoms with Gasteiger partial charge in [-0.25, -0.2) is 0 Å². The molecule has 2 aromatic carbocycles. The van der Waals surface area contributed by atoms with Gasteiger partial charge in [0.05, 0.1) is 13.7 Å². The summed E-state index contributed by atoms with van der Waals surface area (Å²) >= 11 is 0. The molecule has 4 nitrogen and oxygen atoms in total. The minimum atomic E-state index is 0.230. The van der Waals surface area contributed by atoms with Crippen molar-refractivity contribution in [2.45, 2.75) is 32.1 Å². The van der Waals surface area contributed by atoms with E-state index in [-0.39, 0.29) is 5.91 Å². The molecule has 0 radical (unpaired) electrons. The quantitative estimate of drug-likeness (QED) is 0.701. The Bertz CT molecular complexity index is 726. The van der Waals surface area contributed by atoms with Gasteiger partial charge in [-0.1, -0.05) is 24.3 Å². The van der Waals surface area contributed by atoms with Crippen molar-refractivity contribution in [1.29, 1.82) is 0 Å². The van der Waals surface area contributed by atoms with Gasteiger partial charge < -0.3 is 14.4 Å². The van der Waals surface area contributed by atoms with Crippen molar-refractivity contribution in [3.8, 4) is 11.5 Å². The summed E-state index contributed by atoms with van der Waals surface area (Å²) < 4.78 is 10.9. The number of carbonyl (C=O) groups excluding carboxylic acids is 1. The first kappa shape index (κ1) is 18.3. The number of rotatable bonds is 7. The lowest BCUT2D eigenvalue weighted by molar-refractivity contribution is -0.130. The maximum atomic E-state index is 12.4. The SMILES string of the molecule is COc1ccc(C2CCN(C(=O)CCCOc3cccc(C)c3)C2)cc1. The van der Waals surface area contributed by atoms with Crippen molar-refractivity contribution < 1.29 is 14.3 Å². The van der Waals surface area contributed by atoms with Crippen LogP contribution in [0.25, 0.3) is 0 Å². The van der Waals surface area contributed by atoms with Crippen LogP contribution in [0.1, 0.15) is 36.3 Å². The van der Waals surface area contributed by atoms with Crippen LogP contribution >= 0.6 is 0 Å². The highest BCUT2D eigenvalue weighted by Gasteiger charge is 2.26. The monoisotopic (exact) mass is 353 g/mol. The fourth-order valence-electron chi connectivity index (χ4n) is 3.41. The molecule has 1 amide bonds. The second kappa shape index (κ2) is 8.75. The number of hydrogen-bond acceptors (Lipinski definition) is 3. The van der Waals surface area contributed by atoms with Crippen LogP contribution in [-0.4, -0.2) is 37.6 Å². The van der Waals surface area contributed by atoms with Crippen LogP contribution in [0, 0.1) is 6.92 Å². The molecule has 26 heavy (non-hydrogen) atoms. The number of aryl methyl sites for hydroxylation is 1. The summed E-state index contributed by atoms with van der Waals surface area (Å²) in [5.74, 6) is 2.40. The highest BCUT2D eigenvalue weighted by molar-refractivity contribution is 5.76. The summed E-state index contributed by atoms with van der Waals surface area (Å²) in [6, 6.07) is 16.2. The van der Waals surface area contributed by atoms with Gasteiger partial charge in [-0.3, -0.25) is 4.79 Å². The van der Waals surface area contributed by atoms with Crippen LogP contribution in [-0.2, 0) is 4.79 Å². The molecule has 1 aliphatic rings. The Morgan fingerprint density at radius 1 is 1.15 bits per heavy atom. The van der Waals surface area contributed by atoms with E-state index in [0.29, 0.717) is 18.9 Å². The van der Waals surface area contributed by atoms with Gasteiger partial charge in [0.25, 0.3) is 0 Å². The van der Waals surface area contributed by atoms with E-state index in [1.54, 1.807) is 7.11 Å². The van der Waals surface area contributed by atoms with Crippen molar-refractivity contribution in [3.05, 3.63) is 59.7 Å². The smallest absolute Gasteiger partial charge is 0.222 e. The van der Waals surface area contributed by atoms with Gasteiger partial charge in [-0.15, -0.1) is 0 Å². The highest BCUT2D eigenvalue weighted by Crippen LogP contribution is 2.28. The Morgan fingerprint density at radius 2 is 1.96 bits per heavy atom. The number of amides is 1. The van der Waals surface area contributed by atoms with Crippen molar-refractivity contribution in [1.82, 2.24) is 4.90 Å². The molecule has 1 unspecified atom stereocenters. The van der Waals surface area contributed by atoms with E-state index in [0.717, 1.165) is 37.4 Å². The molecule has 0 saturated carbocycles. The Hall–Kier alpha value is -2.49. The number of benzene rings is 2. The Labute approximate surface area is 155 Å². The minimum Gasteiger partial charge on any atom is -0.497 e. The number of carbonyl (C=O) groups is 1. The van der Waals surface area contributed by atoms with Crippen LogP contribution in [0.2, 0.25) is 0 Å². The highest BCUT2D eigenvalue weighted by atomic mass is 16.5. The summed E-state index contributed by atoms with van der Waals surface area (Å²) in [4.78, 5) is 14.4. The number of ether oxygens (including phenoxy) is 2. The molecule has 0 aliphatic carbocycles. The van der Waals surface area contributed by atoms with Gasteiger partial charge in [-0.2, -0.15) is 0 Å². The molecule has 0 bridgehead atoms. The zero-order chi connectivity index (χ0) is 18.4. The summed E-state index contributed by atoms with van der Waals surface area (Å²) in [6.45, 7) is 4.27. The van der Waals surface area contributed by atoms with Gasteiger partial charge in [0.15, 0.2) is 0 Å². The normalized spacial score (nSPS) is 16.5. The lowest BCUT2D eigenvalue weighted by atomic mass is 9.98. The Kier molecular flexibility index (Phi) is 6.16. The van der Waals surface area contributed by atoms with E-state index in [1.165, 1.54) is 11.1 Å². The molecule has 1 fully saturated rings. The van der Waals surface area contributed by atoms with E-state index < -0.39 is 0 Å². The Balaban J connectivity index is 1.41. The fourth-order valence-corrected chi connectivity index (χ4v) is 3.41. The predicted molar refractivity (Wildman–Crippen MR) is 103 cm³/mol. The number of hydrogen-bond donors (Lipinski definition) is 0. The molecular weight excluding hydrogens is 326 g/mol. The van der Waals surface area contributed by atoms with Crippen LogP contribution < -0.4 is 9.47 Å². The molecule has 1 heterocycles. The molecule has 4 heteroatoms. The molecule has 0 aromatic heterocycles. The molecule has 0 spiro atoms. The minimum absolute atomic E-state index is 0.230. The van der Waals surface area contributed by atoms with Crippen LogP contribution in [0.4, 0.5) is 0 Å². The van der Waals surface area contributed by atoms with Crippen molar-refractivity contribution in [2.24, 2.45) is 0 Å². The second-order valence-electron chi connectivity index (χ2n) is 6.87. The third kappa shape index (κ3) is 4.78. The molecule has 2 aromatic rings. The van der Waals surface area contributed by atoms with Crippen molar-refractivity contribution in [3.63, 3.8) is 0 Å². The Morgan fingerprint density at radius 3 is 2.69 bits per heavy atom. The van der Waals surface area contributed by atoms with Gasteiger partial charge in [0, 0.05) is 25.4 Å². The zero-order valence-corrected chi connectivity index (χ0v) is 15.6. The molecule has 1 atom stereocenters. The van der Waals surface area contributed by atoms with Crippen LogP contribution in [0.15, 0.2) is 48.5 Å². The first-order valence-corrected chi connectivity index (χ1v) is 9.27. The van der Waals surface area contributed by atoms with E-state index in [9.17, 15) is 4.79 Å². The van der Waals surface area contributed by atoms with Gasteiger partial charge in [-0.05, 0) is 55.2 Å². The van der Waals surface area contributed by atoms with E-state index in [1.807, 2.05) is 48.2 Å². The van der Waals surface area contributed by atoms with Gasteiger partial charge >= 0.3 is 0 Å². The summed E-state index contributed by atoms with van der Waals surface area (Å²) in [5, 5.41) is 0. The summed E-state index contributed by atoms with van der Waals surface area (Å²) in [7, 11) is 1.67. The van der Waals surface area contributed by atoms with E-state index in [2.05, 4.69) is 12.1 Å². The lowest BCUT2D eigenvalue weighted by Gasteiger charge is -2.17. The van der Waals surface area contributed by atoms with Crippen molar-refractivity contribution >= 4 is 5.91 Å². The van der Waals surface area contributed by atoms with Crippen LogP contribution in [0.3, 0.4) is 0 Å². The third-order valence-electron chi connectivity index (χ3n) is 4.92. The summed E-state index contributed by atoms with van der Waals surface area (Å²) in [6.07, 6.45) is 2.31. The largest absolute Gasteiger partial charge is 0.497 e. The molecule has 0 N–H and O–H groups in total. The second-order valence-corrected chi connectivity index (χ2v) is 6.87. The number of nitrogens with zero attached hydrogens (tertiary/aromatic N) is 1. The maximum Gasteiger partial charge on any atom is 0.222 e. The molecule has 1 aliphatic heterocycles. The first-order valence-electron chi connectivity index (χ1n) is 9.27. The van der Waals surface area contributed by atoms with Crippen LogP contribution in [0.5, 0.6) is 11.5 Å².